The molecule has 15 heavy (non-hydrogen) atoms. The molecule has 0 aromatic carbocycles. The molecule has 0 unspecified atom stereocenters. The lowest BCUT2D eigenvalue weighted by Gasteiger charge is -2.21. The number of carbonyl (C=O) groups excluding carboxylic acids is 1. The number of nitrogens with one attached hydrogen (secondary N) is 1. The zero-order chi connectivity index (χ0) is 11.3. The standard InChI is InChI=1S/C10H19N3OS/c1-12-10(14)5-7-13(8-2-3-8)6-4-9(11)15/h8H,2-7H2,1H3,(H2,11,15)(H,12,14). The minimum atomic E-state index is 0.0935. The Hall–Kier alpha value is -0.680. The smallest absolute Gasteiger partial charge is 0.221 e. The molecule has 0 heterocycles. The maximum Gasteiger partial charge on any atom is 0.221 e. The Bertz CT molecular complexity index is 241. The van der Waals surface area contributed by atoms with Gasteiger partial charge in [-0.2, -0.15) is 0 Å². The first-order chi connectivity index (χ1) is 7.13. The van der Waals surface area contributed by atoms with E-state index in [0.29, 0.717) is 17.5 Å². The van der Waals surface area contributed by atoms with Crippen molar-refractivity contribution in [1.29, 1.82) is 0 Å². The highest BCUT2D eigenvalue weighted by Crippen LogP contribution is 2.26. The van der Waals surface area contributed by atoms with E-state index >= 15 is 0 Å². The summed E-state index contributed by atoms with van der Waals surface area (Å²) in [5, 5.41) is 2.63. The number of hydrogen-bond acceptors (Lipinski definition) is 3. The summed E-state index contributed by atoms with van der Waals surface area (Å²) in [6.45, 7) is 1.70. The summed E-state index contributed by atoms with van der Waals surface area (Å²) in [5.41, 5.74) is 5.47. The lowest BCUT2D eigenvalue weighted by atomic mass is 10.3. The molecule has 0 radical (unpaired) electrons. The third kappa shape index (κ3) is 5.09. The summed E-state index contributed by atoms with van der Waals surface area (Å²) in [7, 11) is 1.67. The molecule has 1 saturated carbocycles. The van der Waals surface area contributed by atoms with Crippen LogP contribution in [-0.2, 0) is 4.79 Å². The molecular weight excluding hydrogens is 210 g/mol. The van der Waals surface area contributed by atoms with Crippen LogP contribution in [0.3, 0.4) is 0 Å². The van der Waals surface area contributed by atoms with E-state index < -0.39 is 0 Å². The molecule has 1 rings (SSSR count). The predicted molar refractivity (Wildman–Crippen MR) is 64.7 cm³/mol. The molecule has 0 spiro atoms. The van der Waals surface area contributed by atoms with Crippen LogP contribution in [0, 0.1) is 0 Å². The lowest BCUT2D eigenvalue weighted by molar-refractivity contribution is -0.120. The van der Waals surface area contributed by atoms with Crippen LogP contribution in [0.5, 0.6) is 0 Å². The van der Waals surface area contributed by atoms with Gasteiger partial charge in [0, 0.05) is 39.0 Å². The van der Waals surface area contributed by atoms with Crippen LogP contribution < -0.4 is 11.1 Å². The second-order valence-corrected chi connectivity index (χ2v) is 4.43. The van der Waals surface area contributed by atoms with Crippen molar-refractivity contribution in [2.75, 3.05) is 20.1 Å². The Morgan fingerprint density at radius 1 is 1.47 bits per heavy atom. The highest BCUT2D eigenvalue weighted by molar-refractivity contribution is 7.80. The molecule has 4 nitrogen and oxygen atoms in total. The van der Waals surface area contributed by atoms with Gasteiger partial charge >= 0.3 is 0 Å². The molecule has 3 N–H and O–H groups in total. The number of carbonyl (C=O) groups is 1. The van der Waals surface area contributed by atoms with Gasteiger partial charge in [-0.05, 0) is 12.8 Å². The van der Waals surface area contributed by atoms with Gasteiger partial charge in [0.25, 0.3) is 0 Å². The van der Waals surface area contributed by atoms with Crippen LogP contribution in [0.15, 0.2) is 0 Å². The molecule has 1 aliphatic carbocycles. The summed E-state index contributed by atoms with van der Waals surface area (Å²) in [6.07, 6.45) is 3.79. The Morgan fingerprint density at radius 3 is 2.53 bits per heavy atom. The van der Waals surface area contributed by atoms with Gasteiger partial charge in [-0.1, -0.05) is 12.2 Å². The number of rotatable bonds is 7. The van der Waals surface area contributed by atoms with E-state index in [4.69, 9.17) is 18.0 Å². The van der Waals surface area contributed by atoms with Crippen molar-refractivity contribution in [1.82, 2.24) is 10.2 Å². The fourth-order valence-electron chi connectivity index (χ4n) is 1.54. The molecule has 1 amide bonds. The predicted octanol–water partition coefficient (Wildman–Crippen LogP) is 0.263. The Labute approximate surface area is 96.2 Å². The Kier molecular flexibility index (Phi) is 4.98. The maximum atomic E-state index is 11.1. The zero-order valence-electron chi connectivity index (χ0n) is 9.16. The summed E-state index contributed by atoms with van der Waals surface area (Å²) in [4.78, 5) is 14.0. The van der Waals surface area contributed by atoms with E-state index in [1.54, 1.807) is 7.05 Å². The summed E-state index contributed by atoms with van der Waals surface area (Å²) in [5.74, 6) is 0.0935. The number of amides is 1. The van der Waals surface area contributed by atoms with Gasteiger partial charge in [-0.25, -0.2) is 0 Å². The number of thiocarbonyl (C=S) groups is 1. The molecule has 0 aromatic rings. The van der Waals surface area contributed by atoms with E-state index in [1.165, 1.54) is 12.8 Å². The molecule has 0 bridgehead atoms. The Balaban J connectivity index is 2.24. The van der Waals surface area contributed by atoms with Gasteiger partial charge < -0.3 is 11.1 Å². The third-order valence-corrected chi connectivity index (χ3v) is 2.82. The monoisotopic (exact) mass is 229 g/mol. The largest absolute Gasteiger partial charge is 0.393 e. The van der Waals surface area contributed by atoms with Crippen LogP contribution in [0.25, 0.3) is 0 Å². The highest BCUT2D eigenvalue weighted by atomic mass is 32.1. The summed E-state index contributed by atoms with van der Waals surface area (Å²) in [6, 6.07) is 0.656. The molecule has 0 saturated heterocycles. The topological polar surface area (TPSA) is 58.4 Å². The van der Waals surface area contributed by atoms with Crippen LogP contribution in [0.4, 0.5) is 0 Å². The van der Waals surface area contributed by atoms with Gasteiger partial charge in [0.15, 0.2) is 0 Å². The van der Waals surface area contributed by atoms with E-state index in [-0.39, 0.29) is 5.91 Å². The molecule has 5 heteroatoms. The van der Waals surface area contributed by atoms with Gasteiger partial charge in [-0.3, -0.25) is 9.69 Å². The minimum Gasteiger partial charge on any atom is -0.393 e. The van der Waals surface area contributed by atoms with Crippen LogP contribution in [0.2, 0.25) is 0 Å². The van der Waals surface area contributed by atoms with Crippen molar-refractivity contribution in [3.8, 4) is 0 Å². The molecular formula is C10H19N3OS. The van der Waals surface area contributed by atoms with Crippen molar-refractivity contribution in [2.45, 2.75) is 31.7 Å². The zero-order valence-corrected chi connectivity index (χ0v) is 9.98. The van der Waals surface area contributed by atoms with Crippen LogP contribution >= 0.6 is 12.2 Å². The second-order valence-electron chi connectivity index (χ2n) is 3.91. The highest BCUT2D eigenvalue weighted by Gasteiger charge is 2.28. The van der Waals surface area contributed by atoms with Gasteiger partial charge in [-0.15, -0.1) is 0 Å². The first-order valence-electron chi connectivity index (χ1n) is 5.36. The average Bonchev–Trinajstić information content (AvgIpc) is 3.00. The molecule has 1 fully saturated rings. The summed E-state index contributed by atoms with van der Waals surface area (Å²) >= 11 is 4.85. The Morgan fingerprint density at radius 2 is 2.07 bits per heavy atom. The quantitative estimate of drug-likeness (QED) is 0.615. The van der Waals surface area contributed by atoms with Gasteiger partial charge in [0.1, 0.15) is 0 Å². The third-order valence-electron chi connectivity index (χ3n) is 2.61. The van der Waals surface area contributed by atoms with Crippen molar-refractivity contribution >= 4 is 23.1 Å². The fourth-order valence-corrected chi connectivity index (χ4v) is 1.63. The maximum absolute atomic E-state index is 11.1. The van der Waals surface area contributed by atoms with Crippen molar-refractivity contribution < 1.29 is 4.79 Å². The van der Waals surface area contributed by atoms with E-state index in [0.717, 1.165) is 19.5 Å². The SMILES string of the molecule is CNC(=O)CCN(CCC(N)=S)C1CC1. The normalized spacial score (nSPS) is 15.3. The summed E-state index contributed by atoms with van der Waals surface area (Å²) < 4.78 is 0. The van der Waals surface area contributed by atoms with Crippen molar-refractivity contribution in [3.05, 3.63) is 0 Å². The molecule has 0 atom stereocenters. The minimum absolute atomic E-state index is 0.0935. The van der Waals surface area contributed by atoms with Gasteiger partial charge in [0.2, 0.25) is 5.91 Å². The average molecular weight is 229 g/mol. The van der Waals surface area contributed by atoms with Crippen molar-refractivity contribution in [2.24, 2.45) is 5.73 Å². The first kappa shape index (κ1) is 12.4. The van der Waals surface area contributed by atoms with E-state index in [2.05, 4.69) is 10.2 Å². The fraction of sp³-hybridized carbons (Fsp3) is 0.800. The van der Waals surface area contributed by atoms with Crippen LogP contribution in [-0.4, -0.2) is 42.0 Å². The molecule has 0 aliphatic heterocycles. The molecule has 1 aliphatic rings. The first-order valence-corrected chi connectivity index (χ1v) is 5.77. The van der Waals surface area contributed by atoms with Gasteiger partial charge in [0.05, 0.1) is 4.99 Å². The van der Waals surface area contributed by atoms with E-state index in [1.807, 2.05) is 0 Å². The number of nitrogens with two attached hydrogens (primary N) is 1. The number of hydrogen-bond donors (Lipinski definition) is 2. The van der Waals surface area contributed by atoms with Crippen molar-refractivity contribution in [3.63, 3.8) is 0 Å². The molecule has 86 valence electrons. The van der Waals surface area contributed by atoms with Crippen LogP contribution in [0.1, 0.15) is 25.7 Å². The second kappa shape index (κ2) is 6.02. The molecule has 0 aromatic heterocycles. The lowest BCUT2D eigenvalue weighted by Crippen LogP contribution is -2.33. The number of nitrogens with zero attached hydrogens (tertiary/aromatic N) is 1. The van der Waals surface area contributed by atoms with E-state index in [9.17, 15) is 4.79 Å².